The zero-order valence-corrected chi connectivity index (χ0v) is 11.4. The van der Waals surface area contributed by atoms with E-state index in [1.165, 1.54) is 25.7 Å². The first-order valence-electron chi connectivity index (χ1n) is 6.89. The number of ether oxygens (including phenoxy) is 1. The monoisotopic (exact) mass is 278 g/mol. The Morgan fingerprint density at radius 2 is 2.30 bits per heavy atom. The van der Waals surface area contributed by atoms with E-state index in [0.717, 1.165) is 25.9 Å². The largest absolute Gasteiger partial charge is 0.481 e. The average molecular weight is 278 g/mol. The minimum absolute atomic E-state index is 0.00208. The van der Waals surface area contributed by atoms with Crippen LogP contribution in [0.2, 0.25) is 0 Å². The Balaban J connectivity index is 1.83. The van der Waals surface area contributed by atoms with Gasteiger partial charge in [-0.1, -0.05) is 0 Å². The van der Waals surface area contributed by atoms with Crippen LogP contribution >= 0.6 is 0 Å². The molecule has 0 radical (unpaired) electrons. The third kappa shape index (κ3) is 2.29. The van der Waals surface area contributed by atoms with E-state index in [-0.39, 0.29) is 11.7 Å². The highest BCUT2D eigenvalue weighted by Crippen LogP contribution is 2.32. The molecule has 1 N–H and O–H groups in total. The van der Waals surface area contributed by atoms with E-state index >= 15 is 0 Å². The maximum absolute atomic E-state index is 11.1. The number of aromatic nitrogens is 1. The minimum Gasteiger partial charge on any atom is -0.481 e. The lowest BCUT2D eigenvalue weighted by Crippen LogP contribution is -2.34. The molecule has 7 nitrogen and oxygen atoms in total. The molecule has 1 aromatic heterocycles. The van der Waals surface area contributed by atoms with Crippen LogP contribution in [0.15, 0.2) is 12.1 Å². The summed E-state index contributed by atoms with van der Waals surface area (Å²) >= 11 is 0. The van der Waals surface area contributed by atoms with Crippen LogP contribution in [0, 0.1) is 10.1 Å². The number of pyridine rings is 1. The highest BCUT2D eigenvalue weighted by Gasteiger charge is 2.38. The number of nitrogens with zero attached hydrogens (tertiary/aromatic N) is 3. The molecule has 1 aromatic rings. The van der Waals surface area contributed by atoms with Crippen molar-refractivity contribution in [2.24, 2.45) is 0 Å². The van der Waals surface area contributed by atoms with Crippen molar-refractivity contribution in [1.82, 2.24) is 9.88 Å². The minimum atomic E-state index is -0.407. The highest BCUT2D eigenvalue weighted by atomic mass is 16.6. The van der Waals surface area contributed by atoms with Crippen molar-refractivity contribution in [1.29, 1.82) is 0 Å². The van der Waals surface area contributed by atoms with Crippen molar-refractivity contribution < 1.29 is 9.66 Å². The molecule has 2 atom stereocenters. The van der Waals surface area contributed by atoms with Crippen LogP contribution in [-0.4, -0.2) is 47.1 Å². The maximum Gasteiger partial charge on any atom is 0.311 e. The molecular formula is C13H18N4O3. The van der Waals surface area contributed by atoms with Gasteiger partial charge < -0.3 is 10.1 Å². The summed E-state index contributed by atoms with van der Waals surface area (Å²) in [5.74, 6) is 0.701. The Morgan fingerprint density at radius 1 is 1.45 bits per heavy atom. The number of hydrogen-bond donors (Lipinski definition) is 1. The van der Waals surface area contributed by atoms with Crippen molar-refractivity contribution in [3.8, 4) is 5.88 Å². The number of anilines is 1. The lowest BCUT2D eigenvalue weighted by Gasteiger charge is -2.21. The molecule has 108 valence electrons. The summed E-state index contributed by atoms with van der Waals surface area (Å²) in [7, 11) is 1.51. The number of nitro groups is 1. The first kappa shape index (κ1) is 13.1. The summed E-state index contributed by atoms with van der Waals surface area (Å²) in [5.41, 5.74) is 0.00208. The van der Waals surface area contributed by atoms with Gasteiger partial charge in [-0.25, -0.2) is 0 Å². The van der Waals surface area contributed by atoms with Gasteiger partial charge >= 0.3 is 5.69 Å². The molecule has 2 aliphatic heterocycles. The van der Waals surface area contributed by atoms with Crippen molar-refractivity contribution in [2.45, 2.75) is 31.3 Å². The summed E-state index contributed by atoms with van der Waals surface area (Å²) in [5, 5.41) is 14.4. The highest BCUT2D eigenvalue weighted by molar-refractivity contribution is 5.57. The topological polar surface area (TPSA) is 80.5 Å². The number of fused-ring (bicyclic) bond motifs is 1. The predicted octanol–water partition coefficient (Wildman–Crippen LogP) is 1.65. The van der Waals surface area contributed by atoms with Crippen LogP contribution in [0.1, 0.15) is 19.3 Å². The van der Waals surface area contributed by atoms with Crippen LogP contribution in [-0.2, 0) is 0 Å². The number of methoxy groups -OCH3 is 1. The van der Waals surface area contributed by atoms with Gasteiger partial charge in [0.15, 0.2) is 0 Å². The Morgan fingerprint density at radius 3 is 3.05 bits per heavy atom. The van der Waals surface area contributed by atoms with E-state index in [4.69, 9.17) is 4.74 Å². The number of rotatable bonds is 4. The number of hydrogen-bond acceptors (Lipinski definition) is 6. The van der Waals surface area contributed by atoms with E-state index in [2.05, 4.69) is 15.2 Å². The van der Waals surface area contributed by atoms with Crippen LogP contribution in [0.3, 0.4) is 0 Å². The smallest absolute Gasteiger partial charge is 0.311 e. The van der Waals surface area contributed by atoms with E-state index < -0.39 is 4.92 Å². The van der Waals surface area contributed by atoms with Gasteiger partial charge in [0.2, 0.25) is 11.7 Å². The van der Waals surface area contributed by atoms with Crippen LogP contribution in [0.25, 0.3) is 0 Å². The molecule has 20 heavy (non-hydrogen) atoms. The van der Waals surface area contributed by atoms with Gasteiger partial charge in [-0.2, -0.15) is 4.98 Å². The standard InChI is InChI=1S/C13H18N4O3/c1-20-12-5-4-11(17(18)19)13(15-12)14-9-6-8-16-7-2-3-10(9)16/h4-5,9-10H,2-3,6-8H2,1H3,(H,14,15). The molecular weight excluding hydrogens is 260 g/mol. The van der Waals surface area contributed by atoms with Crippen LogP contribution in [0.4, 0.5) is 11.5 Å². The fraction of sp³-hybridized carbons (Fsp3) is 0.615. The van der Waals surface area contributed by atoms with Gasteiger partial charge in [0.25, 0.3) is 0 Å². The molecule has 3 rings (SSSR count). The van der Waals surface area contributed by atoms with Crippen molar-refractivity contribution >= 4 is 11.5 Å². The van der Waals surface area contributed by atoms with Gasteiger partial charge in [-0.3, -0.25) is 15.0 Å². The zero-order valence-electron chi connectivity index (χ0n) is 11.4. The Bertz CT molecular complexity index is 522. The average Bonchev–Trinajstić information content (AvgIpc) is 3.03. The SMILES string of the molecule is COc1ccc([N+](=O)[O-])c(NC2CCN3CCCC23)n1. The van der Waals surface area contributed by atoms with Gasteiger partial charge in [0.1, 0.15) is 0 Å². The fourth-order valence-electron chi connectivity index (χ4n) is 3.23. The molecule has 0 saturated carbocycles. The third-order valence-electron chi connectivity index (χ3n) is 4.18. The Hall–Kier alpha value is -1.89. The first-order valence-corrected chi connectivity index (χ1v) is 6.89. The molecule has 2 unspecified atom stereocenters. The normalized spacial score (nSPS) is 25.4. The second-order valence-electron chi connectivity index (χ2n) is 5.26. The van der Waals surface area contributed by atoms with Crippen LogP contribution in [0.5, 0.6) is 5.88 Å². The Kier molecular flexibility index (Phi) is 3.43. The number of nitrogens with one attached hydrogen (secondary N) is 1. The molecule has 2 fully saturated rings. The molecule has 0 bridgehead atoms. The van der Waals surface area contributed by atoms with Crippen molar-refractivity contribution in [3.05, 3.63) is 22.2 Å². The second-order valence-corrected chi connectivity index (χ2v) is 5.26. The third-order valence-corrected chi connectivity index (χ3v) is 4.18. The van der Waals surface area contributed by atoms with E-state index in [1.807, 2.05) is 0 Å². The van der Waals surface area contributed by atoms with E-state index in [0.29, 0.717) is 17.7 Å². The molecule has 0 aliphatic carbocycles. The molecule has 2 aliphatic rings. The maximum atomic E-state index is 11.1. The van der Waals surface area contributed by atoms with E-state index in [9.17, 15) is 10.1 Å². The summed E-state index contributed by atoms with van der Waals surface area (Å²) in [4.78, 5) is 17.3. The van der Waals surface area contributed by atoms with E-state index in [1.54, 1.807) is 0 Å². The van der Waals surface area contributed by atoms with Gasteiger partial charge in [0.05, 0.1) is 12.0 Å². The fourth-order valence-corrected chi connectivity index (χ4v) is 3.23. The van der Waals surface area contributed by atoms with Gasteiger partial charge in [-0.05, 0) is 25.8 Å². The first-order chi connectivity index (χ1) is 9.69. The van der Waals surface area contributed by atoms with Crippen LogP contribution < -0.4 is 10.1 Å². The van der Waals surface area contributed by atoms with Crippen molar-refractivity contribution in [3.63, 3.8) is 0 Å². The van der Waals surface area contributed by atoms with Gasteiger partial charge in [-0.15, -0.1) is 0 Å². The lowest BCUT2D eigenvalue weighted by molar-refractivity contribution is -0.384. The molecule has 7 heteroatoms. The summed E-state index contributed by atoms with van der Waals surface area (Å²) in [6, 6.07) is 3.66. The quantitative estimate of drug-likeness (QED) is 0.666. The summed E-state index contributed by atoms with van der Waals surface area (Å²) in [6.45, 7) is 2.19. The molecule has 0 aromatic carbocycles. The summed E-state index contributed by atoms with van der Waals surface area (Å²) in [6.07, 6.45) is 3.35. The summed E-state index contributed by atoms with van der Waals surface area (Å²) < 4.78 is 5.06. The molecule has 2 saturated heterocycles. The predicted molar refractivity (Wildman–Crippen MR) is 74.1 cm³/mol. The molecule has 3 heterocycles. The van der Waals surface area contributed by atoms with Crippen molar-refractivity contribution in [2.75, 3.05) is 25.5 Å². The molecule has 0 amide bonds. The second kappa shape index (κ2) is 5.24. The van der Waals surface area contributed by atoms with Gasteiger partial charge in [0, 0.05) is 30.8 Å². The Labute approximate surface area is 117 Å². The zero-order chi connectivity index (χ0) is 14.1. The molecule has 0 spiro atoms. The lowest BCUT2D eigenvalue weighted by atomic mass is 10.1.